The zero-order valence-electron chi connectivity index (χ0n) is 15.6. The molecular formula is C21H24FN3O3. The second-order valence-corrected chi connectivity index (χ2v) is 6.90. The van der Waals surface area contributed by atoms with Crippen LogP contribution in [0.15, 0.2) is 48.5 Å². The zero-order valence-corrected chi connectivity index (χ0v) is 15.6. The largest absolute Gasteiger partial charge is 0.483 e. The van der Waals surface area contributed by atoms with Gasteiger partial charge in [-0.1, -0.05) is 24.3 Å². The van der Waals surface area contributed by atoms with Crippen LogP contribution in [0.1, 0.15) is 28.8 Å². The molecule has 0 atom stereocenters. The molecule has 1 fully saturated rings. The second kappa shape index (κ2) is 9.32. The van der Waals surface area contributed by atoms with E-state index in [-0.39, 0.29) is 24.4 Å². The van der Waals surface area contributed by atoms with Gasteiger partial charge in [-0.3, -0.25) is 14.5 Å². The Morgan fingerprint density at radius 3 is 2.46 bits per heavy atom. The molecule has 0 aliphatic carbocycles. The maximum atomic E-state index is 13.0. The number of piperidine rings is 1. The molecule has 2 aromatic carbocycles. The normalized spacial score (nSPS) is 15.2. The molecule has 6 nitrogen and oxygen atoms in total. The van der Waals surface area contributed by atoms with Crippen LogP contribution in [0, 0.1) is 5.82 Å². The summed E-state index contributed by atoms with van der Waals surface area (Å²) in [6.45, 7) is 2.20. The zero-order chi connectivity index (χ0) is 19.9. The molecule has 7 heteroatoms. The van der Waals surface area contributed by atoms with Crippen molar-refractivity contribution in [1.82, 2.24) is 10.2 Å². The van der Waals surface area contributed by atoms with E-state index in [1.54, 1.807) is 36.4 Å². The summed E-state index contributed by atoms with van der Waals surface area (Å²) >= 11 is 0. The first kappa shape index (κ1) is 19.8. The van der Waals surface area contributed by atoms with Gasteiger partial charge in [0.25, 0.3) is 11.8 Å². The van der Waals surface area contributed by atoms with Gasteiger partial charge in [0.05, 0.1) is 5.56 Å². The minimum absolute atomic E-state index is 0.0705. The Labute approximate surface area is 163 Å². The first-order valence-electron chi connectivity index (χ1n) is 9.29. The van der Waals surface area contributed by atoms with Gasteiger partial charge in [0.15, 0.2) is 6.61 Å². The number of amides is 2. The summed E-state index contributed by atoms with van der Waals surface area (Å²) in [5, 5.41) is 3.04. The molecule has 2 aromatic rings. The summed E-state index contributed by atoms with van der Waals surface area (Å²) in [5.41, 5.74) is 6.56. The first-order chi connectivity index (χ1) is 13.5. The van der Waals surface area contributed by atoms with Crippen molar-refractivity contribution in [2.75, 3.05) is 19.7 Å². The van der Waals surface area contributed by atoms with Gasteiger partial charge >= 0.3 is 0 Å². The quantitative estimate of drug-likeness (QED) is 0.764. The number of carbonyl (C=O) groups excluding carboxylic acids is 2. The molecule has 0 aromatic heterocycles. The maximum Gasteiger partial charge on any atom is 0.255 e. The third-order valence-corrected chi connectivity index (χ3v) is 4.74. The van der Waals surface area contributed by atoms with Crippen LogP contribution in [-0.2, 0) is 11.3 Å². The molecule has 3 rings (SSSR count). The van der Waals surface area contributed by atoms with Crippen molar-refractivity contribution < 1.29 is 18.7 Å². The summed E-state index contributed by atoms with van der Waals surface area (Å²) in [6, 6.07) is 13.4. The van der Waals surface area contributed by atoms with Crippen LogP contribution in [0.5, 0.6) is 5.75 Å². The number of hydrogen-bond donors (Lipinski definition) is 2. The predicted octanol–water partition coefficient (Wildman–Crippen LogP) is 2.08. The van der Waals surface area contributed by atoms with Crippen LogP contribution in [0.4, 0.5) is 4.39 Å². The van der Waals surface area contributed by atoms with Crippen molar-refractivity contribution in [3.63, 3.8) is 0 Å². The molecule has 1 aliphatic heterocycles. The lowest BCUT2D eigenvalue weighted by Gasteiger charge is -2.32. The topological polar surface area (TPSA) is 84.7 Å². The maximum absolute atomic E-state index is 13.0. The van der Waals surface area contributed by atoms with E-state index in [1.165, 1.54) is 12.1 Å². The average Bonchev–Trinajstić information content (AvgIpc) is 2.70. The first-order valence-corrected chi connectivity index (χ1v) is 9.29. The number of nitrogens with one attached hydrogen (secondary N) is 1. The van der Waals surface area contributed by atoms with Crippen molar-refractivity contribution in [3.05, 3.63) is 65.5 Å². The van der Waals surface area contributed by atoms with E-state index in [4.69, 9.17) is 10.5 Å². The number of para-hydroxylation sites is 1. The summed E-state index contributed by atoms with van der Waals surface area (Å²) in [5.74, 6) is -0.710. The minimum atomic E-state index is -0.594. The van der Waals surface area contributed by atoms with Gasteiger partial charge in [0.1, 0.15) is 11.6 Å². The van der Waals surface area contributed by atoms with Crippen molar-refractivity contribution >= 4 is 11.8 Å². The van der Waals surface area contributed by atoms with Crippen LogP contribution >= 0.6 is 0 Å². The van der Waals surface area contributed by atoms with Crippen molar-refractivity contribution in [2.45, 2.75) is 25.4 Å². The number of hydrogen-bond acceptors (Lipinski definition) is 4. The van der Waals surface area contributed by atoms with Crippen LogP contribution in [-0.4, -0.2) is 42.5 Å². The highest BCUT2D eigenvalue weighted by atomic mass is 19.1. The highest BCUT2D eigenvalue weighted by Crippen LogP contribution is 2.20. The molecule has 0 radical (unpaired) electrons. The molecule has 28 heavy (non-hydrogen) atoms. The van der Waals surface area contributed by atoms with Gasteiger partial charge < -0.3 is 15.8 Å². The van der Waals surface area contributed by atoms with Crippen LogP contribution in [0.25, 0.3) is 0 Å². The number of ether oxygens (including phenoxy) is 1. The van der Waals surface area contributed by atoms with Gasteiger partial charge in [-0.15, -0.1) is 0 Å². The van der Waals surface area contributed by atoms with E-state index >= 15 is 0 Å². The van der Waals surface area contributed by atoms with Crippen LogP contribution in [0.2, 0.25) is 0 Å². The Morgan fingerprint density at radius 2 is 1.79 bits per heavy atom. The monoisotopic (exact) mass is 385 g/mol. The Hall–Kier alpha value is -2.93. The number of halogens is 1. The second-order valence-electron chi connectivity index (χ2n) is 6.90. The summed E-state index contributed by atoms with van der Waals surface area (Å²) in [6.07, 6.45) is 1.66. The smallest absolute Gasteiger partial charge is 0.255 e. The van der Waals surface area contributed by atoms with Gasteiger partial charge in [0.2, 0.25) is 0 Å². The molecule has 148 valence electrons. The molecular weight excluding hydrogens is 361 g/mol. The molecule has 3 N–H and O–H groups in total. The van der Waals surface area contributed by atoms with Crippen LogP contribution in [0.3, 0.4) is 0 Å². The Balaban J connectivity index is 1.51. The SMILES string of the molecule is NC(=O)COc1ccccc1C(=O)NC1CCN(Cc2ccc(F)cc2)CC1. The molecule has 1 saturated heterocycles. The molecule has 0 bridgehead atoms. The minimum Gasteiger partial charge on any atom is -0.483 e. The third-order valence-electron chi connectivity index (χ3n) is 4.74. The predicted molar refractivity (Wildman–Crippen MR) is 103 cm³/mol. The van der Waals surface area contributed by atoms with E-state index in [2.05, 4.69) is 10.2 Å². The highest BCUT2D eigenvalue weighted by molar-refractivity contribution is 5.97. The third kappa shape index (κ3) is 5.53. The lowest BCUT2D eigenvalue weighted by atomic mass is 10.0. The van der Waals surface area contributed by atoms with Crippen molar-refractivity contribution in [3.8, 4) is 5.75 Å². The standard InChI is InChI=1S/C21H24FN3O3/c22-16-7-5-15(6-8-16)13-25-11-9-17(10-12-25)24-21(27)18-3-1-2-4-19(18)28-14-20(23)26/h1-8,17H,9-14H2,(H2,23,26)(H,24,27). The molecule has 2 amide bonds. The number of likely N-dealkylation sites (tertiary alicyclic amines) is 1. The number of nitrogens with zero attached hydrogens (tertiary/aromatic N) is 1. The molecule has 1 aliphatic rings. The van der Waals surface area contributed by atoms with E-state index in [1.807, 2.05) is 0 Å². The van der Waals surface area contributed by atoms with Gasteiger partial charge in [-0.05, 0) is 42.7 Å². The van der Waals surface area contributed by atoms with E-state index in [9.17, 15) is 14.0 Å². The summed E-state index contributed by atoms with van der Waals surface area (Å²) in [4.78, 5) is 25.8. The number of nitrogens with two attached hydrogens (primary N) is 1. The summed E-state index contributed by atoms with van der Waals surface area (Å²) < 4.78 is 18.3. The molecule has 0 spiro atoms. The van der Waals surface area contributed by atoms with Crippen molar-refractivity contribution in [2.24, 2.45) is 5.73 Å². The molecule has 1 heterocycles. The Kier molecular flexibility index (Phi) is 6.60. The van der Waals surface area contributed by atoms with Gasteiger partial charge in [0, 0.05) is 25.7 Å². The van der Waals surface area contributed by atoms with E-state index < -0.39 is 5.91 Å². The number of benzene rings is 2. The van der Waals surface area contributed by atoms with Gasteiger partial charge in [-0.2, -0.15) is 0 Å². The number of carbonyl (C=O) groups is 2. The van der Waals surface area contributed by atoms with E-state index in [0.29, 0.717) is 11.3 Å². The van der Waals surface area contributed by atoms with E-state index in [0.717, 1.165) is 38.0 Å². The Morgan fingerprint density at radius 1 is 1.11 bits per heavy atom. The fourth-order valence-corrected chi connectivity index (χ4v) is 3.28. The molecule has 0 saturated carbocycles. The van der Waals surface area contributed by atoms with Crippen molar-refractivity contribution in [1.29, 1.82) is 0 Å². The average molecular weight is 385 g/mol. The fourth-order valence-electron chi connectivity index (χ4n) is 3.28. The van der Waals surface area contributed by atoms with Crippen LogP contribution < -0.4 is 15.8 Å². The fraction of sp³-hybridized carbons (Fsp3) is 0.333. The highest BCUT2D eigenvalue weighted by Gasteiger charge is 2.22. The molecule has 0 unspecified atom stereocenters. The Bertz CT molecular complexity index is 818. The number of primary amides is 1. The lowest BCUT2D eigenvalue weighted by molar-refractivity contribution is -0.119. The summed E-state index contributed by atoms with van der Waals surface area (Å²) in [7, 11) is 0. The van der Waals surface area contributed by atoms with Gasteiger partial charge in [-0.25, -0.2) is 4.39 Å². The number of rotatable bonds is 7. The lowest BCUT2D eigenvalue weighted by Crippen LogP contribution is -2.44.